The molecular formula is C14H30N2O2S. The Labute approximate surface area is 119 Å². The van der Waals surface area contributed by atoms with Crippen LogP contribution in [0.4, 0.5) is 0 Å². The van der Waals surface area contributed by atoms with Gasteiger partial charge in [0.1, 0.15) is 0 Å². The summed E-state index contributed by atoms with van der Waals surface area (Å²) in [6, 6.07) is 0.221. The van der Waals surface area contributed by atoms with Gasteiger partial charge < -0.3 is 5.32 Å². The normalized spacial score (nSPS) is 24.8. The minimum absolute atomic E-state index is 0.219. The quantitative estimate of drug-likeness (QED) is 0.697. The second kappa shape index (κ2) is 8.22. The van der Waals surface area contributed by atoms with Crippen molar-refractivity contribution in [1.29, 1.82) is 0 Å². The molecule has 0 heterocycles. The highest BCUT2D eigenvalue weighted by atomic mass is 32.2. The van der Waals surface area contributed by atoms with E-state index in [0.717, 1.165) is 31.7 Å². The van der Waals surface area contributed by atoms with Gasteiger partial charge in [-0.25, -0.2) is 12.7 Å². The molecule has 0 aromatic carbocycles. The van der Waals surface area contributed by atoms with Gasteiger partial charge in [0, 0.05) is 19.6 Å². The predicted octanol–water partition coefficient (Wildman–Crippen LogP) is 2.22. The second-order valence-corrected chi connectivity index (χ2v) is 7.81. The maximum Gasteiger partial charge on any atom is 0.215 e. The third-order valence-corrected chi connectivity index (χ3v) is 6.21. The van der Waals surface area contributed by atoms with Crippen LogP contribution in [0.15, 0.2) is 0 Å². The first-order valence-electron chi connectivity index (χ1n) is 7.67. The topological polar surface area (TPSA) is 49.4 Å². The van der Waals surface area contributed by atoms with Crippen LogP contribution in [0.5, 0.6) is 0 Å². The monoisotopic (exact) mass is 290 g/mol. The maximum atomic E-state index is 12.2. The minimum Gasteiger partial charge on any atom is -0.316 e. The van der Waals surface area contributed by atoms with Crippen molar-refractivity contribution in [1.82, 2.24) is 9.62 Å². The fourth-order valence-electron chi connectivity index (χ4n) is 2.79. The van der Waals surface area contributed by atoms with Crippen LogP contribution in [-0.2, 0) is 10.0 Å². The summed E-state index contributed by atoms with van der Waals surface area (Å²) in [7, 11) is -1.34. The molecule has 0 aromatic heterocycles. The fraction of sp³-hybridized carbons (Fsp3) is 1.00. The zero-order valence-corrected chi connectivity index (χ0v) is 13.5. The molecule has 0 radical (unpaired) electrons. The van der Waals surface area contributed by atoms with Gasteiger partial charge in [-0.15, -0.1) is 0 Å². The highest BCUT2D eigenvalue weighted by Crippen LogP contribution is 2.29. The van der Waals surface area contributed by atoms with Gasteiger partial charge in [0.15, 0.2) is 0 Å². The summed E-state index contributed by atoms with van der Waals surface area (Å²) < 4.78 is 26.1. The van der Waals surface area contributed by atoms with Crippen LogP contribution in [0.2, 0.25) is 0 Å². The third-order valence-electron chi connectivity index (χ3n) is 4.31. The molecule has 0 aromatic rings. The van der Waals surface area contributed by atoms with Gasteiger partial charge in [-0.05, 0) is 44.6 Å². The molecule has 19 heavy (non-hydrogen) atoms. The molecule has 1 N–H and O–H groups in total. The van der Waals surface area contributed by atoms with Crippen molar-refractivity contribution in [2.75, 3.05) is 25.9 Å². The fourth-order valence-corrected chi connectivity index (χ4v) is 4.15. The molecule has 0 amide bonds. The van der Waals surface area contributed by atoms with Crippen LogP contribution in [0.25, 0.3) is 0 Å². The molecule has 1 aliphatic carbocycles. The molecule has 4 nitrogen and oxygen atoms in total. The minimum atomic E-state index is -3.09. The predicted molar refractivity (Wildman–Crippen MR) is 80.7 cm³/mol. The van der Waals surface area contributed by atoms with E-state index >= 15 is 0 Å². The Morgan fingerprint density at radius 3 is 2.26 bits per heavy atom. The summed E-state index contributed by atoms with van der Waals surface area (Å²) >= 11 is 0. The molecule has 1 aliphatic rings. The number of sulfonamides is 1. The first-order chi connectivity index (χ1) is 9.01. The number of nitrogens with one attached hydrogen (secondary N) is 1. The lowest BCUT2D eigenvalue weighted by atomic mass is 9.85. The molecule has 0 aliphatic heterocycles. The van der Waals surface area contributed by atoms with Gasteiger partial charge in [-0.2, -0.15) is 0 Å². The van der Waals surface area contributed by atoms with Crippen molar-refractivity contribution in [3.63, 3.8) is 0 Å². The van der Waals surface area contributed by atoms with Crippen LogP contribution in [0.3, 0.4) is 0 Å². The van der Waals surface area contributed by atoms with Crippen molar-refractivity contribution in [2.45, 2.75) is 58.4 Å². The Morgan fingerprint density at radius 1 is 1.11 bits per heavy atom. The average molecular weight is 290 g/mol. The lowest BCUT2D eigenvalue weighted by Crippen LogP contribution is -2.42. The third kappa shape index (κ3) is 5.40. The molecule has 1 saturated carbocycles. The highest BCUT2D eigenvalue weighted by molar-refractivity contribution is 7.89. The first-order valence-corrected chi connectivity index (χ1v) is 9.28. The Kier molecular flexibility index (Phi) is 7.32. The van der Waals surface area contributed by atoms with E-state index in [0.29, 0.717) is 6.54 Å². The number of rotatable bonds is 8. The van der Waals surface area contributed by atoms with Crippen LogP contribution in [0.1, 0.15) is 52.4 Å². The smallest absolute Gasteiger partial charge is 0.215 e. The molecular weight excluding hydrogens is 260 g/mol. The van der Waals surface area contributed by atoms with Crippen molar-refractivity contribution in [3.05, 3.63) is 0 Å². The van der Waals surface area contributed by atoms with Crippen LogP contribution < -0.4 is 5.32 Å². The SMILES string of the molecule is CCCNCCS(=O)(=O)N(C)C1CCC(CC)CC1. The number of hydrogen-bond acceptors (Lipinski definition) is 3. The summed E-state index contributed by atoms with van der Waals surface area (Å²) in [6.45, 7) is 5.76. The van der Waals surface area contributed by atoms with Crippen molar-refractivity contribution < 1.29 is 8.42 Å². The summed E-state index contributed by atoms with van der Waals surface area (Å²) in [5.41, 5.74) is 0. The molecule has 0 unspecified atom stereocenters. The standard InChI is InChI=1S/C14H30N2O2S/c1-4-10-15-11-12-19(17,18)16(3)14-8-6-13(5-2)7-9-14/h13-15H,4-12H2,1-3H3. The molecule has 0 saturated heterocycles. The lowest BCUT2D eigenvalue weighted by Gasteiger charge is -2.33. The Bertz CT molecular complexity index is 335. The van der Waals surface area contributed by atoms with E-state index in [1.807, 2.05) is 0 Å². The van der Waals surface area contributed by atoms with Crippen molar-refractivity contribution in [3.8, 4) is 0 Å². The lowest BCUT2D eigenvalue weighted by molar-refractivity contribution is 0.233. The van der Waals surface area contributed by atoms with Gasteiger partial charge in [0.25, 0.3) is 0 Å². The van der Waals surface area contributed by atoms with E-state index in [1.165, 1.54) is 19.3 Å². The summed E-state index contributed by atoms with van der Waals surface area (Å²) in [5, 5.41) is 3.16. The molecule has 1 fully saturated rings. The number of nitrogens with zero attached hydrogens (tertiary/aromatic N) is 1. The van der Waals surface area contributed by atoms with Gasteiger partial charge in [-0.3, -0.25) is 0 Å². The zero-order valence-electron chi connectivity index (χ0n) is 12.7. The Hall–Kier alpha value is -0.130. The van der Waals surface area contributed by atoms with E-state index in [9.17, 15) is 8.42 Å². The highest BCUT2D eigenvalue weighted by Gasteiger charge is 2.29. The molecule has 0 atom stereocenters. The summed E-state index contributed by atoms with van der Waals surface area (Å²) in [6.07, 6.45) is 6.67. The van der Waals surface area contributed by atoms with Crippen molar-refractivity contribution in [2.24, 2.45) is 5.92 Å². The average Bonchev–Trinajstić information content (AvgIpc) is 2.43. The number of hydrogen-bond donors (Lipinski definition) is 1. The maximum absolute atomic E-state index is 12.2. The van der Waals surface area contributed by atoms with E-state index in [1.54, 1.807) is 11.4 Å². The zero-order chi connectivity index (χ0) is 14.3. The van der Waals surface area contributed by atoms with E-state index in [2.05, 4.69) is 19.2 Å². The molecule has 0 bridgehead atoms. The van der Waals surface area contributed by atoms with E-state index in [4.69, 9.17) is 0 Å². The van der Waals surface area contributed by atoms with Crippen molar-refractivity contribution >= 4 is 10.0 Å². The van der Waals surface area contributed by atoms with Gasteiger partial charge in [0.05, 0.1) is 5.75 Å². The Balaban J connectivity index is 2.40. The molecule has 114 valence electrons. The molecule has 5 heteroatoms. The largest absolute Gasteiger partial charge is 0.316 e. The van der Waals surface area contributed by atoms with Gasteiger partial charge in [0.2, 0.25) is 10.0 Å². The molecule has 0 spiro atoms. The summed E-state index contributed by atoms with van der Waals surface area (Å²) in [5.74, 6) is 1.02. The summed E-state index contributed by atoms with van der Waals surface area (Å²) in [4.78, 5) is 0. The van der Waals surface area contributed by atoms with Crippen LogP contribution in [0, 0.1) is 5.92 Å². The van der Waals surface area contributed by atoms with Crippen LogP contribution in [-0.4, -0.2) is 44.7 Å². The van der Waals surface area contributed by atoms with Gasteiger partial charge >= 0.3 is 0 Å². The first kappa shape index (κ1) is 16.9. The second-order valence-electron chi connectivity index (χ2n) is 5.67. The van der Waals surface area contributed by atoms with E-state index in [-0.39, 0.29) is 11.8 Å². The van der Waals surface area contributed by atoms with Crippen LogP contribution >= 0.6 is 0 Å². The molecule has 1 rings (SSSR count). The van der Waals surface area contributed by atoms with E-state index < -0.39 is 10.0 Å². The Morgan fingerprint density at radius 2 is 1.74 bits per heavy atom. The van der Waals surface area contributed by atoms with Gasteiger partial charge in [-0.1, -0.05) is 20.3 Å².